The van der Waals surface area contributed by atoms with Gasteiger partial charge in [0.05, 0.1) is 0 Å². The molecule has 0 radical (unpaired) electrons. The van der Waals surface area contributed by atoms with Gasteiger partial charge in [0.1, 0.15) is 22.3 Å². The van der Waals surface area contributed by atoms with E-state index in [0.717, 1.165) is 11.0 Å². The molecular formula is C16H14Cl2N2O. The Labute approximate surface area is 132 Å². The zero-order valence-electron chi connectivity index (χ0n) is 11.9. The molecule has 0 amide bonds. The van der Waals surface area contributed by atoms with Crippen LogP contribution in [0.15, 0.2) is 34.7 Å². The minimum Gasteiger partial charge on any atom is -0.454 e. The standard InChI is InChI=1S/C16H14Cl2N2O/c1-16(2,3)15-19-11(8-14(18)20-15)13-7-9-6-10(17)4-5-12(9)21-13/h4-8H,1-3H3. The number of halogens is 2. The van der Waals surface area contributed by atoms with Crippen molar-refractivity contribution in [3.63, 3.8) is 0 Å². The van der Waals surface area contributed by atoms with Crippen molar-refractivity contribution in [3.8, 4) is 11.5 Å². The van der Waals surface area contributed by atoms with E-state index in [2.05, 4.69) is 9.97 Å². The van der Waals surface area contributed by atoms with Crippen LogP contribution in [0.4, 0.5) is 0 Å². The van der Waals surface area contributed by atoms with Crippen LogP contribution >= 0.6 is 23.2 Å². The molecule has 0 aliphatic heterocycles. The highest BCUT2D eigenvalue weighted by molar-refractivity contribution is 6.31. The maximum absolute atomic E-state index is 6.12. The van der Waals surface area contributed by atoms with Crippen LogP contribution in [-0.4, -0.2) is 9.97 Å². The van der Waals surface area contributed by atoms with Crippen molar-refractivity contribution in [2.45, 2.75) is 26.2 Å². The van der Waals surface area contributed by atoms with Crippen LogP contribution < -0.4 is 0 Å². The van der Waals surface area contributed by atoms with E-state index in [1.807, 2.05) is 39.0 Å². The lowest BCUT2D eigenvalue weighted by molar-refractivity contribution is 0.543. The van der Waals surface area contributed by atoms with Gasteiger partial charge in [-0.3, -0.25) is 0 Å². The average molecular weight is 321 g/mol. The first kappa shape index (κ1) is 14.4. The summed E-state index contributed by atoms with van der Waals surface area (Å²) in [5.41, 5.74) is 1.25. The van der Waals surface area contributed by atoms with E-state index in [1.54, 1.807) is 12.1 Å². The first-order chi connectivity index (χ1) is 9.83. The summed E-state index contributed by atoms with van der Waals surface area (Å²) in [5, 5.41) is 2.01. The fourth-order valence-corrected chi connectivity index (χ4v) is 2.38. The Morgan fingerprint density at radius 2 is 1.76 bits per heavy atom. The van der Waals surface area contributed by atoms with Crippen molar-refractivity contribution in [3.05, 3.63) is 46.3 Å². The monoisotopic (exact) mass is 320 g/mol. The quantitative estimate of drug-likeness (QED) is 0.556. The van der Waals surface area contributed by atoms with E-state index in [1.165, 1.54) is 0 Å². The Morgan fingerprint density at radius 3 is 2.48 bits per heavy atom. The molecule has 3 nitrogen and oxygen atoms in total. The molecule has 2 heterocycles. The van der Waals surface area contributed by atoms with Crippen LogP contribution in [0.1, 0.15) is 26.6 Å². The Morgan fingerprint density at radius 1 is 1.00 bits per heavy atom. The first-order valence-corrected chi connectivity index (χ1v) is 7.33. The fourth-order valence-electron chi connectivity index (χ4n) is 2.02. The van der Waals surface area contributed by atoms with E-state index >= 15 is 0 Å². The van der Waals surface area contributed by atoms with Crippen LogP contribution in [0.5, 0.6) is 0 Å². The van der Waals surface area contributed by atoms with Gasteiger partial charge in [-0.05, 0) is 24.3 Å². The van der Waals surface area contributed by atoms with Gasteiger partial charge in [0.25, 0.3) is 0 Å². The highest BCUT2D eigenvalue weighted by Gasteiger charge is 2.20. The molecule has 0 fully saturated rings. The van der Waals surface area contributed by atoms with Crippen LogP contribution in [0.25, 0.3) is 22.4 Å². The number of hydrogen-bond acceptors (Lipinski definition) is 3. The molecule has 21 heavy (non-hydrogen) atoms. The number of aromatic nitrogens is 2. The fraction of sp³-hybridized carbons (Fsp3) is 0.250. The summed E-state index contributed by atoms with van der Waals surface area (Å²) in [7, 11) is 0. The highest BCUT2D eigenvalue weighted by atomic mass is 35.5. The summed E-state index contributed by atoms with van der Waals surface area (Å²) in [6.45, 7) is 6.13. The van der Waals surface area contributed by atoms with E-state index < -0.39 is 0 Å². The summed E-state index contributed by atoms with van der Waals surface area (Å²) in [5.74, 6) is 1.34. The second-order valence-corrected chi connectivity index (χ2v) is 6.77. The largest absolute Gasteiger partial charge is 0.454 e. The van der Waals surface area contributed by atoms with Gasteiger partial charge in [0.2, 0.25) is 0 Å². The zero-order chi connectivity index (χ0) is 15.2. The number of nitrogens with zero attached hydrogens (tertiary/aromatic N) is 2. The van der Waals surface area contributed by atoms with Crippen molar-refractivity contribution in [1.82, 2.24) is 9.97 Å². The minimum absolute atomic E-state index is 0.186. The van der Waals surface area contributed by atoms with E-state index in [-0.39, 0.29) is 5.41 Å². The van der Waals surface area contributed by atoms with Gasteiger partial charge >= 0.3 is 0 Å². The molecule has 0 unspecified atom stereocenters. The Bertz CT molecular complexity index is 819. The third-order valence-corrected chi connectivity index (χ3v) is 3.53. The normalized spacial score (nSPS) is 12.0. The first-order valence-electron chi connectivity index (χ1n) is 6.57. The summed E-state index contributed by atoms with van der Waals surface area (Å²) in [6, 6.07) is 9.11. The maximum atomic E-state index is 6.12. The Balaban J connectivity index is 2.16. The van der Waals surface area contributed by atoms with E-state index in [0.29, 0.717) is 27.5 Å². The summed E-state index contributed by atoms with van der Waals surface area (Å²) in [4.78, 5) is 8.86. The number of furan rings is 1. The maximum Gasteiger partial charge on any atom is 0.153 e. The van der Waals surface area contributed by atoms with E-state index in [4.69, 9.17) is 27.6 Å². The topological polar surface area (TPSA) is 38.9 Å². The van der Waals surface area contributed by atoms with Crippen molar-refractivity contribution < 1.29 is 4.42 Å². The van der Waals surface area contributed by atoms with Crippen LogP contribution in [0.3, 0.4) is 0 Å². The van der Waals surface area contributed by atoms with Crippen molar-refractivity contribution in [1.29, 1.82) is 0 Å². The molecule has 5 heteroatoms. The smallest absolute Gasteiger partial charge is 0.153 e. The van der Waals surface area contributed by atoms with Crippen molar-refractivity contribution in [2.75, 3.05) is 0 Å². The number of rotatable bonds is 1. The highest BCUT2D eigenvalue weighted by Crippen LogP contribution is 2.31. The number of fused-ring (bicyclic) bond motifs is 1. The number of benzene rings is 1. The van der Waals surface area contributed by atoms with Gasteiger partial charge in [0.15, 0.2) is 5.76 Å². The van der Waals surface area contributed by atoms with Crippen LogP contribution in [-0.2, 0) is 5.41 Å². The third kappa shape index (κ3) is 2.89. The Hall–Kier alpha value is -1.58. The average Bonchev–Trinajstić information content (AvgIpc) is 2.80. The predicted molar refractivity (Wildman–Crippen MR) is 86.0 cm³/mol. The Kier molecular flexibility index (Phi) is 3.42. The molecule has 0 aliphatic rings. The minimum atomic E-state index is -0.186. The summed E-state index contributed by atoms with van der Waals surface area (Å²) < 4.78 is 5.82. The third-order valence-electron chi connectivity index (χ3n) is 3.10. The van der Waals surface area contributed by atoms with Gasteiger partial charge in [-0.1, -0.05) is 44.0 Å². The van der Waals surface area contributed by atoms with Crippen molar-refractivity contribution in [2.24, 2.45) is 0 Å². The molecule has 3 rings (SSSR count). The molecule has 3 aromatic rings. The summed E-state index contributed by atoms with van der Waals surface area (Å²) in [6.07, 6.45) is 0. The zero-order valence-corrected chi connectivity index (χ0v) is 13.5. The second-order valence-electron chi connectivity index (χ2n) is 5.94. The molecule has 2 aromatic heterocycles. The lowest BCUT2D eigenvalue weighted by atomic mass is 9.95. The number of hydrogen-bond donors (Lipinski definition) is 0. The van der Waals surface area contributed by atoms with Gasteiger partial charge in [0, 0.05) is 21.9 Å². The van der Waals surface area contributed by atoms with Gasteiger partial charge < -0.3 is 4.42 Å². The molecular weight excluding hydrogens is 307 g/mol. The lowest BCUT2D eigenvalue weighted by Crippen LogP contribution is -2.16. The molecule has 0 atom stereocenters. The van der Waals surface area contributed by atoms with Crippen LogP contribution in [0.2, 0.25) is 10.2 Å². The molecule has 0 aliphatic carbocycles. The molecule has 0 spiro atoms. The molecule has 1 aromatic carbocycles. The van der Waals surface area contributed by atoms with E-state index in [9.17, 15) is 0 Å². The second kappa shape index (κ2) is 5.00. The van der Waals surface area contributed by atoms with Gasteiger partial charge in [-0.15, -0.1) is 0 Å². The lowest BCUT2D eigenvalue weighted by Gasteiger charge is -2.16. The van der Waals surface area contributed by atoms with Crippen molar-refractivity contribution >= 4 is 34.2 Å². The molecule has 0 saturated heterocycles. The summed E-state index contributed by atoms with van der Waals surface area (Å²) >= 11 is 12.1. The van der Waals surface area contributed by atoms with Crippen LogP contribution in [0, 0.1) is 0 Å². The predicted octanol–water partition coefficient (Wildman–Crippen LogP) is 5.49. The molecule has 0 N–H and O–H groups in total. The van der Waals surface area contributed by atoms with Gasteiger partial charge in [-0.2, -0.15) is 0 Å². The van der Waals surface area contributed by atoms with Gasteiger partial charge in [-0.25, -0.2) is 9.97 Å². The molecule has 0 saturated carbocycles. The molecule has 108 valence electrons. The molecule has 0 bridgehead atoms. The SMILES string of the molecule is CC(C)(C)c1nc(Cl)cc(-c2cc3cc(Cl)ccc3o2)n1.